The molecule has 0 saturated carbocycles. The van der Waals surface area contributed by atoms with Gasteiger partial charge in [0.15, 0.2) is 11.5 Å². The van der Waals surface area contributed by atoms with E-state index in [1.54, 1.807) is 6.07 Å². The van der Waals surface area contributed by atoms with Gasteiger partial charge >= 0.3 is 0 Å². The van der Waals surface area contributed by atoms with Gasteiger partial charge < -0.3 is 19.7 Å². The van der Waals surface area contributed by atoms with Gasteiger partial charge in [-0.05, 0) is 17.7 Å². The third-order valence-electron chi connectivity index (χ3n) is 4.35. The van der Waals surface area contributed by atoms with Crippen molar-refractivity contribution in [1.29, 1.82) is 0 Å². The molecular weight excluding hydrogens is 334 g/mol. The molecule has 128 valence electrons. The minimum absolute atomic E-state index is 0.230. The highest BCUT2D eigenvalue weighted by molar-refractivity contribution is 6.31. The van der Waals surface area contributed by atoms with E-state index in [1.165, 1.54) is 0 Å². The second kappa shape index (κ2) is 6.25. The maximum absolute atomic E-state index is 9.72. The number of hydrogen-bond acceptors (Lipinski definition) is 6. The van der Waals surface area contributed by atoms with E-state index in [9.17, 15) is 5.11 Å². The van der Waals surface area contributed by atoms with Gasteiger partial charge in [0.05, 0.1) is 24.5 Å². The Kier molecular flexibility index (Phi) is 4.09. The molecule has 3 heterocycles. The number of rotatable bonds is 4. The highest BCUT2D eigenvalue weighted by atomic mass is 35.5. The van der Waals surface area contributed by atoms with Crippen LogP contribution in [0.3, 0.4) is 0 Å². The highest BCUT2D eigenvalue weighted by Gasteiger charge is 2.23. The number of nitrogens with zero attached hydrogens (tertiary/aromatic N) is 3. The Balaban J connectivity index is 1.50. The van der Waals surface area contributed by atoms with Gasteiger partial charge in [0.2, 0.25) is 6.79 Å². The Morgan fingerprint density at radius 3 is 2.79 bits per heavy atom. The number of fused-ring (bicyclic) bond motifs is 2. The van der Waals surface area contributed by atoms with E-state index in [1.807, 2.05) is 16.8 Å². The molecule has 0 spiro atoms. The van der Waals surface area contributed by atoms with E-state index in [4.69, 9.17) is 26.2 Å². The third-order valence-corrected chi connectivity index (χ3v) is 4.70. The quantitative estimate of drug-likeness (QED) is 0.864. The average Bonchev–Trinajstić information content (AvgIpc) is 3.20. The Morgan fingerprint density at radius 1 is 1.21 bits per heavy atom. The van der Waals surface area contributed by atoms with Crippen molar-refractivity contribution >= 4 is 11.6 Å². The maximum Gasteiger partial charge on any atom is 0.231 e. The molecule has 0 amide bonds. The molecule has 0 bridgehead atoms. The molecule has 2 aromatic rings. The highest BCUT2D eigenvalue weighted by Crippen LogP contribution is 2.37. The minimum atomic E-state index is -0.931. The molecule has 2 N–H and O–H groups in total. The molecule has 0 unspecified atom stereocenters. The molecule has 0 radical (unpaired) electrons. The zero-order valence-electron chi connectivity index (χ0n) is 13.0. The summed E-state index contributed by atoms with van der Waals surface area (Å²) in [4.78, 5) is 2.26. The molecule has 1 aromatic carbocycles. The molecule has 2 aliphatic heterocycles. The topological polar surface area (TPSA) is 80.0 Å². The van der Waals surface area contributed by atoms with Crippen molar-refractivity contribution in [3.8, 4) is 11.5 Å². The van der Waals surface area contributed by atoms with Crippen LogP contribution in [0.2, 0.25) is 5.02 Å². The summed E-state index contributed by atoms with van der Waals surface area (Å²) < 4.78 is 12.6. The van der Waals surface area contributed by atoms with Crippen LogP contribution in [0.1, 0.15) is 23.1 Å². The summed E-state index contributed by atoms with van der Waals surface area (Å²) in [7, 11) is 0. The molecule has 24 heavy (non-hydrogen) atoms. The summed E-state index contributed by atoms with van der Waals surface area (Å²) >= 11 is 6.35. The fraction of sp³-hybridized carbons (Fsp3) is 0.438. The van der Waals surface area contributed by atoms with Crippen molar-refractivity contribution in [3.63, 3.8) is 0 Å². The van der Waals surface area contributed by atoms with E-state index in [-0.39, 0.29) is 13.4 Å². The van der Waals surface area contributed by atoms with Crippen molar-refractivity contribution in [1.82, 2.24) is 14.7 Å². The van der Waals surface area contributed by atoms with Crippen LogP contribution < -0.4 is 9.47 Å². The smallest absolute Gasteiger partial charge is 0.231 e. The normalized spacial score (nSPS) is 17.8. The molecule has 8 heteroatoms. The lowest BCUT2D eigenvalue weighted by Gasteiger charge is -2.27. The number of hydrogen-bond donors (Lipinski definition) is 2. The van der Waals surface area contributed by atoms with Crippen molar-refractivity contribution in [2.45, 2.75) is 25.7 Å². The van der Waals surface area contributed by atoms with E-state index < -0.39 is 6.10 Å². The van der Waals surface area contributed by atoms with Crippen LogP contribution in [-0.4, -0.2) is 44.8 Å². The Labute approximate surface area is 144 Å². The van der Waals surface area contributed by atoms with Gasteiger partial charge in [-0.25, -0.2) is 0 Å². The number of benzene rings is 1. The molecule has 4 rings (SSSR count). The van der Waals surface area contributed by atoms with Crippen LogP contribution in [0.5, 0.6) is 11.5 Å². The minimum Gasteiger partial charge on any atom is -0.454 e. The molecule has 7 nitrogen and oxygen atoms in total. The average molecular weight is 352 g/mol. The van der Waals surface area contributed by atoms with Crippen molar-refractivity contribution in [2.75, 3.05) is 19.9 Å². The number of halogens is 1. The standard InChI is InChI=1S/C16H18ClN3O4/c17-12-5-16-15(23-9-24-16)3-10(12)6-19-1-2-20-11(7-19)4-13(18-20)14(22)8-21/h3-5,14,21-22H,1-2,6-9H2/t14-/m0/s1. The van der Waals surface area contributed by atoms with E-state index in [0.29, 0.717) is 29.6 Å². The van der Waals surface area contributed by atoms with Gasteiger partial charge in [0, 0.05) is 30.7 Å². The van der Waals surface area contributed by atoms with Crippen LogP contribution in [0.15, 0.2) is 18.2 Å². The van der Waals surface area contributed by atoms with Crippen LogP contribution in [0.25, 0.3) is 0 Å². The summed E-state index contributed by atoms with van der Waals surface area (Å²) in [5, 5.41) is 23.8. The summed E-state index contributed by atoms with van der Waals surface area (Å²) in [5.41, 5.74) is 2.51. The van der Waals surface area contributed by atoms with E-state index in [2.05, 4.69) is 10.00 Å². The van der Waals surface area contributed by atoms with Crippen molar-refractivity contribution < 1.29 is 19.7 Å². The SMILES string of the molecule is OC[C@H](O)c1cc2n(n1)CCN(Cc1cc3c(cc1Cl)OCO3)C2. The lowest BCUT2D eigenvalue weighted by Crippen LogP contribution is -2.33. The molecule has 0 aliphatic carbocycles. The summed E-state index contributed by atoms with van der Waals surface area (Å²) in [5.74, 6) is 1.41. The first-order chi connectivity index (χ1) is 11.6. The molecule has 1 aromatic heterocycles. The molecular formula is C16H18ClN3O4. The fourth-order valence-electron chi connectivity index (χ4n) is 3.06. The first-order valence-corrected chi connectivity index (χ1v) is 8.18. The van der Waals surface area contributed by atoms with Crippen molar-refractivity contribution in [3.05, 3.63) is 40.2 Å². The number of aromatic nitrogens is 2. The fourth-order valence-corrected chi connectivity index (χ4v) is 3.27. The third kappa shape index (κ3) is 2.84. The second-order valence-corrected chi connectivity index (χ2v) is 6.40. The maximum atomic E-state index is 9.72. The van der Waals surface area contributed by atoms with E-state index >= 15 is 0 Å². The number of aliphatic hydroxyl groups excluding tert-OH is 2. The largest absolute Gasteiger partial charge is 0.454 e. The summed E-state index contributed by atoms with van der Waals surface area (Å²) in [6.45, 7) is 2.86. The van der Waals surface area contributed by atoms with Gasteiger partial charge in [-0.1, -0.05) is 11.6 Å². The number of aliphatic hydroxyl groups is 2. The van der Waals surface area contributed by atoms with Gasteiger partial charge in [-0.3, -0.25) is 9.58 Å². The molecule has 1 atom stereocenters. The number of ether oxygens (including phenoxy) is 2. The van der Waals surface area contributed by atoms with Gasteiger partial charge in [-0.15, -0.1) is 0 Å². The summed E-state index contributed by atoms with van der Waals surface area (Å²) in [6, 6.07) is 5.56. The zero-order chi connectivity index (χ0) is 16.7. The van der Waals surface area contributed by atoms with Gasteiger partial charge in [-0.2, -0.15) is 5.10 Å². The van der Waals surface area contributed by atoms with Gasteiger partial charge in [0.25, 0.3) is 0 Å². The van der Waals surface area contributed by atoms with E-state index in [0.717, 1.165) is 30.1 Å². The molecule has 2 aliphatic rings. The predicted molar refractivity (Wildman–Crippen MR) is 86.0 cm³/mol. The monoisotopic (exact) mass is 351 g/mol. The second-order valence-electron chi connectivity index (χ2n) is 5.99. The van der Waals surface area contributed by atoms with Crippen LogP contribution >= 0.6 is 11.6 Å². The van der Waals surface area contributed by atoms with Crippen LogP contribution in [-0.2, 0) is 19.6 Å². The van der Waals surface area contributed by atoms with Gasteiger partial charge in [0.1, 0.15) is 6.10 Å². The zero-order valence-corrected chi connectivity index (χ0v) is 13.7. The lowest BCUT2D eigenvalue weighted by molar-refractivity contribution is 0.0915. The molecule has 0 fully saturated rings. The Morgan fingerprint density at radius 2 is 2.00 bits per heavy atom. The Bertz CT molecular complexity index is 764. The molecule has 0 saturated heterocycles. The first-order valence-electron chi connectivity index (χ1n) is 7.80. The lowest BCUT2D eigenvalue weighted by atomic mass is 10.1. The van der Waals surface area contributed by atoms with Crippen LogP contribution in [0, 0.1) is 0 Å². The van der Waals surface area contributed by atoms with Crippen LogP contribution in [0.4, 0.5) is 0 Å². The first kappa shape index (κ1) is 15.7. The predicted octanol–water partition coefficient (Wildman–Crippen LogP) is 1.31. The summed E-state index contributed by atoms with van der Waals surface area (Å²) in [6.07, 6.45) is -0.931. The van der Waals surface area contributed by atoms with Crippen molar-refractivity contribution in [2.24, 2.45) is 0 Å². The Hall–Kier alpha value is -1.80.